The third-order valence-electron chi connectivity index (χ3n) is 4.57. The summed E-state index contributed by atoms with van der Waals surface area (Å²) in [5.74, 6) is 1.56. The lowest BCUT2D eigenvalue weighted by Gasteiger charge is -2.35. The van der Waals surface area contributed by atoms with Crippen molar-refractivity contribution in [1.29, 1.82) is 0 Å². The summed E-state index contributed by atoms with van der Waals surface area (Å²) in [6, 6.07) is 14.2. The Bertz CT molecular complexity index is 805. The topological polar surface area (TPSA) is 54.0 Å². The van der Waals surface area contributed by atoms with Crippen molar-refractivity contribution < 1.29 is 14.3 Å². The van der Waals surface area contributed by atoms with Gasteiger partial charge in [0.25, 0.3) is 5.91 Å². The maximum atomic E-state index is 11.4. The van der Waals surface area contributed by atoms with Crippen molar-refractivity contribution >= 4 is 29.2 Å². The van der Waals surface area contributed by atoms with Crippen LogP contribution in [0, 0.1) is 0 Å². The number of fused-ring (bicyclic) bond motifs is 1. The predicted octanol–water partition coefficient (Wildman–Crippen LogP) is 3.25. The van der Waals surface area contributed by atoms with Crippen LogP contribution in [0.15, 0.2) is 47.4 Å². The Hall–Kier alpha value is -2.38. The van der Waals surface area contributed by atoms with E-state index in [1.807, 2.05) is 37.3 Å². The first-order valence-corrected chi connectivity index (χ1v) is 9.96. The van der Waals surface area contributed by atoms with Crippen LogP contribution in [0.2, 0.25) is 0 Å². The van der Waals surface area contributed by atoms with E-state index in [-0.39, 0.29) is 12.5 Å². The normalized spacial score (nSPS) is 17.1. The molecular weight excluding hydrogens is 362 g/mol. The van der Waals surface area contributed by atoms with Gasteiger partial charge < -0.3 is 19.7 Å². The summed E-state index contributed by atoms with van der Waals surface area (Å²) in [5, 5.41) is 2.83. The zero-order chi connectivity index (χ0) is 18.6. The highest BCUT2D eigenvalue weighted by Gasteiger charge is 2.21. The van der Waals surface area contributed by atoms with Crippen LogP contribution in [0.3, 0.4) is 0 Å². The summed E-state index contributed by atoms with van der Waals surface area (Å²) < 4.78 is 13.4. The quantitative estimate of drug-likeness (QED) is 0.798. The van der Waals surface area contributed by atoms with E-state index in [1.54, 1.807) is 11.9 Å². The van der Waals surface area contributed by atoms with Crippen LogP contribution < -0.4 is 19.7 Å². The Balaban J connectivity index is 1.33. The van der Waals surface area contributed by atoms with E-state index >= 15 is 0 Å². The molecule has 142 valence electrons. The number of rotatable bonds is 5. The average molecular weight is 385 g/mol. The molecule has 0 spiro atoms. The number of piperazine rings is 1. The Labute approximate surface area is 163 Å². The monoisotopic (exact) mass is 385 g/mol. The van der Waals surface area contributed by atoms with Crippen molar-refractivity contribution in [3.8, 4) is 11.5 Å². The number of nitrogens with one attached hydrogen (secondary N) is 1. The molecule has 0 saturated carbocycles. The lowest BCUT2D eigenvalue weighted by Crippen LogP contribution is -2.43. The van der Waals surface area contributed by atoms with Crippen molar-refractivity contribution in [2.75, 3.05) is 49.6 Å². The maximum absolute atomic E-state index is 11.4. The molecule has 2 aliphatic rings. The number of anilines is 2. The molecular formula is C20H23N3O3S. The number of carbonyl (C=O) groups is 1. The standard InChI is InChI=1S/C20H23N3O3S/c1-2-25-16-4-6-17(7-5-16)27-23-11-9-22(10-12-23)15-3-8-18-19(13-15)26-14-20(24)21-18/h3-8,13H,2,9-12,14H2,1H3,(H,21,24). The zero-order valence-corrected chi connectivity index (χ0v) is 16.1. The van der Waals surface area contributed by atoms with E-state index in [4.69, 9.17) is 9.47 Å². The molecule has 1 saturated heterocycles. The predicted molar refractivity (Wildman–Crippen MR) is 108 cm³/mol. The summed E-state index contributed by atoms with van der Waals surface area (Å²) in [6.07, 6.45) is 0. The third kappa shape index (κ3) is 4.31. The second-order valence-electron chi connectivity index (χ2n) is 6.43. The summed E-state index contributed by atoms with van der Waals surface area (Å²) in [6.45, 7) is 6.63. The first-order valence-electron chi connectivity index (χ1n) is 9.19. The molecule has 2 aliphatic heterocycles. The second-order valence-corrected chi connectivity index (χ2v) is 7.60. The van der Waals surface area contributed by atoms with Gasteiger partial charge in [0, 0.05) is 42.8 Å². The summed E-state index contributed by atoms with van der Waals surface area (Å²) in [4.78, 5) is 15.0. The van der Waals surface area contributed by atoms with Crippen LogP contribution in [0.4, 0.5) is 11.4 Å². The lowest BCUT2D eigenvalue weighted by atomic mass is 10.2. The van der Waals surface area contributed by atoms with Crippen LogP contribution in [0.25, 0.3) is 0 Å². The van der Waals surface area contributed by atoms with Gasteiger partial charge in [0.2, 0.25) is 0 Å². The van der Waals surface area contributed by atoms with Crippen LogP contribution >= 0.6 is 11.9 Å². The molecule has 0 aliphatic carbocycles. The highest BCUT2D eigenvalue weighted by Crippen LogP contribution is 2.33. The van der Waals surface area contributed by atoms with E-state index in [0.717, 1.165) is 49.1 Å². The maximum Gasteiger partial charge on any atom is 0.262 e. The SMILES string of the molecule is CCOc1ccc(SN2CCN(c3ccc4c(c3)OCC(=O)N4)CC2)cc1. The van der Waals surface area contributed by atoms with Crippen LogP contribution in [0.1, 0.15) is 6.92 Å². The molecule has 1 amide bonds. The fourth-order valence-corrected chi connectivity index (χ4v) is 4.11. The number of amides is 1. The van der Waals surface area contributed by atoms with Crippen LogP contribution in [0.5, 0.6) is 11.5 Å². The average Bonchev–Trinajstić information content (AvgIpc) is 2.70. The molecule has 1 N–H and O–H groups in total. The van der Waals surface area contributed by atoms with Gasteiger partial charge in [-0.05, 0) is 55.3 Å². The fourth-order valence-electron chi connectivity index (χ4n) is 3.21. The van der Waals surface area contributed by atoms with Crippen molar-refractivity contribution in [3.05, 3.63) is 42.5 Å². The highest BCUT2D eigenvalue weighted by atomic mass is 32.2. The summed E-state index contributed by atoms with van der Waals surface area (Å²) >= 11 is 1.79. The van der Waals surface area contributed by atoms with E-state index in [2.05, 4.69) is 26.7 Å². The number of benzene rings is 2. The fraction of sp³-hybridized carbons (Fsp3) is 0.350. The minimum Gasteiger partial charge on any atom is -0.494 e. The lowest BCUT2D eigenvalue weighted by molar-refractivity contribution is -0.118. The van der Waals surface area contributed by atoms with Gasteiger partial charge in [-0.15, -0.1) is 0 Å². The van der Waals surface area contributed by atoms with Crippen molar-refractivity contribution in [2.45, 2.75) is 11.8 Å². The number of carbonyl (C=O) groups excluding carboxylic acids is 1. The van der Waals surface area contributed by atoms with Gasteiger partial charge in [0.05, 0.1) is 12.3 Å². The van der Waals surface area contributed by atoms with Gasteiger partial charge >= 0.3 is 0 Å². The Morgan fingerprint density at radius 1 is 1.11 bits per heavy atom. The molecule has 6 nitrogen and oxygen atoms in total. The van der Waals surface area contributed by atoms with Gasteiger partial charge in [-0.3, -0.25) is 4.79 Å². The molecule has 2 heterocycles. The number of ether oxygens (including phenoxy) is 2. The van der Waals surface area contributed by atoms with Crippen LogP contribution in [-0.2, 0) is 4.79 Å². The highest BCUT2D eigenvalue weighted by molar-refractivity contribution is 7.97. The summed E-state index contributed by atoms with van der Waals surface area (Å²) in [7, 11) is 0. The van der Waals surface area contributed by atoms with E-state index < -0.39 is 0 Å². The largest absolute Gasteiger partial charge is 0.494 e. The molecule has 0 atom stereocenters. The minimum absolute atomic E-state index is 0.0863. The van der Waals surface area contributed by atoms with Gasteiger partial charge in [-0.1, -0.05) is 0 Å². The number of nitrogens with zero attached hydrogens (tertiary/aromatic N) is 2. The Kier molecular flexibility index (Phi) is 5.40. The second kappa shape index (κ2) is 8.10. The molecule has 1 fully saturated rings. The van der Waals surface area contributed by atoms with Gasteiger partial charge in [-0.2, -0.15) is 0 Å². The minimum atomic E-state index is -0.102. The van der Waals surface area contributed by atoms with Crippen molar-refractivity contribution in [2.24, 2.45) is 0 Å². The van der Waals surface area contributed by atoms with Crippen molar-refractivity contribution in [3.63, 3.8) is 0 Å². The van der Waals surface area contributed by atoms with E-state index in [0.29, 0.717) is 6.61 Å². The van der Waals surface area contributed by atoms with Gasteiger partial charge in [0.1, 0.15) is 11.5 Å². The molecule has 7 heteroatoms. The molecule has 0 unspecified atom stereocenters. The molecule has 2 aromatic rings. The van der Waals surface area contributed by atoms with Gasteiger partial charge in [-0.25, -0.2) is 4.31 Å². The summed E-state index contributed by atoms with van der Waals surface area (Å²) in [5.41, 5.74) is 1.88. The zero-order valence-electron chi connectivity index (χ0n) is 15.3. The number of hydrogen-bond donors (Lipinski definition) is 1. The van der Waals surface area contributed by atoms with Crippen molar-refractivity contribution in [1.82, 2.24) is 4.31 Å². The smallest absolute Gasteiger partial charge is 0.262 e. The molecule has 2 aromatic carbocycles. The molecule has 0 radical (unpaired) electrons. The molecule has 0 bridgehead atoms. The van der Waals surface area contributed by atoms with Gasteiger partial charge in [0.15, 0.2) is 6.61 Å². The first-order chi connectivity index (χ1) is 13.2. The van der Waals surface area contributed by atoms with E-state index in [9.17, 15) is 4.79 Å². The van der Waals surface area contributed by atoms with E-state index in [1.165, 1.54) is 4.90 Å². The Morgan fingerprint density at radius 2 is 1.89 bits per heavy atom. The third-order valence-corrected chi connectivity index (χ3v) is 5.68. The Morgan fingerprint density at radius 3 is 2.63 bits per heavy atom. The first kappa shape index (κ1) is 18.0. The molecule has 27 heavy (non-hydrogen) atoms. The molecule has 4 rings (SSSR count). The van der Waals surface area contributed by atoms with Crippen LogP contribution in [-0.4, -0.2) is 49.6 Å². The number of hydrogen-bond acceptors (Lipinski definition) is 6. The molecule has 0 aromatic heterocycles.